The molecule has 0 saturated carbocycles. The van der Waals surface area contributed by atoms with Gasteiger partial charge in [-0.15, -0.1) is 21.5 Å². The van der Waals surface area contributed by atoms with Crippen LogP contribution in [0.25, 0.3) is 0 Å². The van der Waals surface area contributed by atoms with Gasteiger partial charge in [0.2, 0.25) is 5.91 Å². The number of likely N-dealkylation sites (tertiary alicyclic amines) is 1. The Bertz CT molecular complexity index is 830. The van der Waals surface area contributed by atoms with E-state index in [0.29, 0.717) is 32.6 Å². The van der Waals surface area contributed by atoms with E-state index in [2.05, 4.69) is 38.7 Å². The normalized spacial score (nSPS) is 23.2. The van der Waals surface area contributed by atoms with Gasteiger partial charge in [0.1, 0.15) is 0 Å². The van der Waals surface area contributed by atoms with Crippen molar-refractivity contribution in [3.63, 3.8) is 0 Å². The van der Waals surface area contributed by atoms with Gasteiger partial charge in [-0.05, 0) is 25.5 Å². The molecule has 2 aromatic rings. The molecular weight excluding hydrogens is 362 g/mol. The average Bonchev–Trinajstić information content (AvgIpc) is 3.32. The molecule has 2 aliphatic rings. The molecule has 1 saturated heterocycles. The minimum Gasteiger partial charge on any atom is -0.392 e. The summed E-state index contributed by atoms with van der Waals surface area (Å²) in [6.45, 7) is 9.37. The van der Waals surface area contributed by atoms with Crippen molar-refractivity contribution in [1.29, 1.82) is 0 Å². The molecular formula is C19H27N5O2S. The Hall–Kier alpha value is -1.77. The van der Waals surface area contributed by atoms with Crippen LogP contribution in [0.1, 0.15) is 47.7 Å². The minimum absolute atomic E-state index is 0.00587. The van der Waals surface area contributed by atoms with Gasteiger partial charge in [-0.2, -0.15) is 0 Å². The number of β-amino-alcohol motifs (C(OH)–C–C–N with tert-alkyl or cyclic N) is 1. The molecule has 4 heterocycles. The van der Waals surface area contributed by atoms with Crippen LogP contribution in [0, 0.1) is 12.8 Å². The van der Waals surface area contributed by atoms with E-state index < -0.39 is 0 Å². The molecule has 7 nitrogen and oxygen atoms in total. The maximum absolute atomic E-state index is 12.3. The first kappa shape index (κ1) is 18.6. The average molecular weight is 390 g/mol. The van der Waals surface area contributed by atoms with Crippen molar-refractivity contribution in [2.75, 3.05) is 13.1 Å². The molecule has 0 bridgehead atoms. The van der Waals surface area contributed by atoms with Crippen LogP contribution >= 0.6 is 11.3 Å². The largest absolute Gasteiger partial charge is 0.392 e. The van der Waals surface area contributed by atoms with Crippen molar-refractivity contribution in [3.05, 3.63) is 33.5 Å². The van der Waals surface area contributed by atoms with E-state index >= 15 is 0 Å². The third-order valence-corrected chi connectivity index (χ3v) is 6.41. The van der Waals surface area contributed by atoms with Gasteiger partial charge >= 0.3 is 0 Å². The van der Waals surface area contributed by atoms with Gasteiger partial charge in [0.25, 0.3) is 0 Å². The molecule has 27 heavy (non-hydrogen) atoms. The predicted molar refractivity (Wildman–Crippen MR) is 103 cm³/mol. The molecule has 0 aliphatic carbocycles. The fraction of sp³-hybridized carbons (Fsp3) is 0.632. The number of aliphatic hydroxyl groups excluding tert-OH is 1. The van der Waals surface area contributed by atoms with Crippen LogP contribution in [0.3, 0.4) is 0 Å². The van der Waals surface area contributed by atoms with Gasteiger partial charge in [0.15, 0.2) is 11.6 Å². The second-order valence-electron chi connectivity index (χ2n) is 7.89. The Morgan fingerprint density at radius 2 is 2.15 bits per heavy atom. The van der Waals surface area contributed by atoms with Crippen molar-refractivity contribution < 1.29 is 9.90 Å². The van der Waals surface area contributed by atoms with Crippen LogP contribution in [-0.4, -0.2) is 54.8 Å². The van der Waals surface area contributed by atoms with Crippen molar-refractivity contribution in [2.24, 2.45) is 5.92 Å². The number of aliphatic hydroxyl groups is 1. The van der Waals surface area contributed by atoms with Crippen LogP contribution in [0.4, 0.5) is 0 Å². The molecule has 4 rings (SSSR count). The molecule has 2 aromatic heterocycles. The lowest BCUT2D eigenvalue weighted by atomic mass is 10.1. The van der Waals surface area contributed by atoms with E-state index in [1.807, 2.05) is 18.7 Å². The zero-order chi connectivity index (χ0) is 19.1. The molecule has 8 heteroatoms. The number of carbonyl (C=O) groups excluding carboxylic acids is 1. The predicted octanol–water partition coefficient (Wildman–Crippen LogP) is 1.95. The monoisotopic (exact) mass is 389 g/mol. The summed E-state index contributed by atoms with van der Waals surface area (Å²) in [7, 11) is 0. The Morgan fingerprint density at radius 3 is 2.85 bits per heavy atom. The Balaban J connectivity index is 1.54. The highest BCUT2D eigenvalue weighted by molar-refractivity contribution is 7.11. The molecule has 1 fully saturated rings. The van der Waals surface area contributed by atoms with Gasteiger partial charge in [0, 0.05) is 41.9 Å². The van der Waals surface area contributed by atoms with Gasteiger partial charge in [0.05, 0.1) is 18.7 Å². The van der Waals surface area contributed by atoms with Crippen LogP contribution < -0.4 is 0 Å². The van der Waals surface area contributed by atoms with Gasteiger partial charge < -0.3 is 14.6 Å². The van der Waals surface area contributed by atoms with Crippen molar-refractivity contribution in [2.45, 2.75) is 59.0 Å². The van der Waals surface area contributed by atoms with E-state index in [4.69, 9.17) is 0 Å². The molecule has 0 spiro atoms. The third-order valence-electron chi connectivity index (χ3n) is 5.42. The first-order chi connectivity index (χ1) is 12.9. The highest BCUT2D eigenvalue weighted by atomic mass is 32.1. The fourth-order valence-electron chi connectivity index (χ4n) is 4.07. The highest BCUT2D eigenvalue weighted by Crippen LogP contribution is 2.34. The first-order valence-electron chi connectivity index (χ1n) is 9.60. The lowest BCUT2D eigenvalue weighted by molar-refractivity contribution is -0.136. The molecule has 0 aromatic carbocycles. The topological polar surface area (TPSA) is 74.5 Å². The van der Waals surface area contributed by atoms with Crippen LogP contribution in [0.2, 0.25) is 0 Å². The second-order valence-corrected chi connectivity index (χ2v) is 9.26. The summed E-state index contributed by atoms with van der Waals surface area (Å²) in [5.74, 6) is 1.93. The van der Waals surface area contributed by atoms with E-state index in [9.17, 15) is 9.90 Å². The number of fused-ring (bicyclic) bond motifs is 1. The van der Waals surface area contributed by atoms with Crippen LogP contribution in [0.15, 0.2) is 12.1 Å². The Morgan fingerprint density at radius 1 is 1.33 bits per heavy atom. The smallest absolute Gasteiger partial charge is 0.225 e. The maximum Gasteiger partial charge on any atom is 0.225 e. The SMILES string of the molecule is Cc1ccc(CN2C[C@@H](O)C[C@H]2c2nnc3n2CCN(C(=O)C(C)C)C3)s1. The number of carbonyl (C=O) groups is 1. The number of rotatable bonds is 4. The number of thiophene rings is 1. The summed E-state index contributed by atoms with van der Waals surface area (Å²) >= 11 is 1.80. The van der Waals surface area contributed by atoms with Gasteiger partial charge in [-0.25, -0.2) is 0 Å². The molecule has 2 atom stereocenters. The lowest BCUT2D eigenvalue weighted by Gasteiger charge is -2.30. The fourth-order valence-corrected chi connectivity index (χ4v) is 4.99. The van der Waals surface area contributed by atoms with E-state index in [1.54, 1.807) is 11.3 Å². The molecule has 146 valence electrons. The molecule has 0 radical (unpaired) electrons. The number of aryl methyl sites for hydroxylation is 1. The summed E-state index contributed by atoms with van der Waals surface area (Å²) in [6.07, 6.45) is 0.337. The summed E-state index contributed by atoms with van der Waals surface area (Å²) in [5.41, 5.74) is 0. The Labute approximate surface area is 163 Å². The molecule has 1 N–H and O–H groups in total. The highest BCUT2D eigenvalue weighted by Gasteiger charge is 2.37. The van der Waals surface area contributed by atoms with Crippen molar-refractivity contribution >= 4 is 17.2 Å². The number of amides is 1. The summed E-state index contributed by atoms with van der Waals surface area (Å²) < 4.78 is 2.15. The van der Waals surface area contributed by atoms with Gasteiger partial charge in [-0.1, -0.05) is 13.8 Å². The third kappa shape index (κ3) is 3.66. The zero-order valence-electron chi connectivity index (χ0n) is 16.1. The molecule has 0 unspecified atom stereocenters. The van der Waals surface area contributed by atoms with E-state index in [1.165, 1.54) is 9.75 Å². The number of hydrogen-bond donors (Lipinski definition) is 1. The summed E-state index contributed by atoms with van der Waals surface area (Å²) in [6, 6.07) is 4.37. The quantitative estimate of drug-likeness (QED) is 0.865. The minimum atomic E-state index is -0.341. The standard InChI is InChI=1S/C19H27N5O2S/c1-12(2)19(26)22-6-7-24-17(11-22)20-21-18(24)16-8-14(25)9-23(16)10-15-5-4-13(3)27-15/h4-5,12,14,16,25H,6-11H2,1-3H3/t14-,16-/m0/s1. The maximum atomic E-state index is 12.3. The van der Waals surface area contributed by atoms with Gasteiger partial charge in [-0.3, -0.25) is 9.69 Å². The number of aromatic nitrogens is 3. The van der Waals surface area contributed by atoms with Crippen molar-refractivity contribution in [1.82, 2.24) is 24.6 Å². The lowest BCUT2D eigenvalue weighted by Crippen LogP contribution is -2.41. The van der Waals surface area contributed by atoms with E-state index in [0.717, 1.165) is 18.2 Å². The van der Waals surface area contributed by atoms with Crippen LogP contribution in [0.5, 0.6) is 0 Å². The second kappa shape index (κ2) is 7.33. The summed E-state index contributed by atoms with van der Waals surface area (Å²) in [4.78, 5) is 19.1. The Kier molecular flexibility index (Phi) is 5.05. The van der Waals surface area contributed by atoms with E-state index in [-0.39, 0.29) is 24.0 Å². The summed E-state index contributed by atoms with van der Waals surface area (Å²) in [5, 5.41) is 19.1. The number of nitrogens with zero attached hydrogens (tertiary/aromatic N) is 5. The van der Waals surface area contributed by atoms with Crippen molar-refractivity contribution in [3.8, 4) is 0 Å². The molecule has 1 amide bonds. The zero-order valence-corrected chi connectivity index (χ0v) is 16.9. The van der Waals surface area contributed by atoms with Crippen LogP contribution in [-0.2, 0) is 24.4 Å². The molecule has 2 aliphatic heterocycles. The number of hydrogen-bond acceptors (Lipinski definition) is 6. The first-order valence-corrected chi connectivity index (χ1v) is 10.4.